The maximum atomic E-state index is 12.6. The van der Waals surface area contributed by atoms with Crippen molar-refractivity contribution < 1.29 is 22.7 Å². The van der Waals surface area contributed by atoms with Crippen LogP contribution in [0.25, 0.3) is 0 Å². The molecule has 0 spiro atoms. The second-order valence-corrected chi connectivity index (χ2v) is 9.00. The minimum atomic E-state index is -3.65. The number of ether oxygens (including phenoxy) is 1. The van der Waals surface area contributed by atoms with Gasteiger partial charge in [-0.15, -0.1) is 0 Å². The molecule has 0 bridgehead atoms. The van der Waals surface area contributed by atoms with Gasteiger partial charge < -0.3 is 15.0 Å². The average molecular weight is 395 g/mol. The van der Waals surface area contributed by atoms with E-state index >= 15 is 0 Å². The minimum Gasteiger partial charge on any atom is -0.495 e. The summed E-state index contributed by atoms with van der Waals surface area (Å²) in [4.78, 5) is 26.4. The highest BCUT2D eigenvalue weighted by Gasteiger charge is 2.36. The highest BCUT2D eigenvalue weighted by Crippen LogP contribution is 2.30. The van der Waals surface area contributed by atoms with Gasteiger partial charge in [-0.2, -0.15) is 0 Å². The van der Waals surface area contributed by atoms with E-state index in [1.807, 2.05) is 13.8 Å². The van der Waals surface area contributed by atoms with Crippen LogP contribution in [0.4, 0.5) is 5.69 Å². The Labute approximate surface area is 159 Å². The molecule has 2 N–H and O–H groups in total. The molecule has 1 saturated carbocycles. The molecular formula is C18H25N3O5S. The van der Waals surface area contributed by atoms with Crippen molar-refractivity contribution in [1.82, 2.24) is 9.62 Å². The standard InChI is InChI=1S/C18H25N3O5S/c1-11(2)21-10-12(8-17(21)22)18(23)19-15-9-14(6-7-16(15)26-3)27(24,25)20-13-4-5-13/h6-7,9,11-13,20H,4-5,8,10H2,1-3H3,(H,19,23). The molecule has 1 aliphatic heterocycles. The number of amides is 2. The zero-order valence-electron chi connectivity index (χ0n) is 15.7. The highest BCUT2D eigenvalue weighted by atomic mass is 32.2. The maximum absolute atomic E-state index is 12.6. The van der Waals surface area contributed by atoms with Crippen LogP contribution >= 0.6 is 0 Å². The van der Waals surface area contributed by atoms with E-state index in [-0.39, 0.29) is 40.9 Å². The van der Waals surface area contributed by atoms with E-state index in [9.17, 15) is 18.0 Å². The van der Waals surface area contributed by atoms with Crippen LogP contribution in [0, 0.1) is 5.92 Å². The molecule has 0 radical (unpaired) electrons. The van der Waals surface area contributed by atoms with E-state index in [2.05, 4.69) is 10.0 Å². The first-order chi connectivity index (χ1) is 12.7. The molecule has 0 aromatic heterocycles. The second-order valence-electron chi connectivity index (χ2n) is 7.29. The summed E-state index contributed by atoms with van der Waals surface area (Å²) in [5.74, 6) is -0.496. The van der Waals surface area contributed by atoms with Crippen molar-refractivity contribution in [3.05, 3.63) is 18.2 Å². The predicted molar refractivity (Wildman–Crippen MR) is 99.9 cm³/mol. The Morgan fingerprint density at radius 2 is 2.00 bits per heavy atom. The molecule has 2 amide bonds. The normalized spacial score (nSPS) is 20.2. The summed E-state index contributed by atoms with van der Waals surface area (Å²) in [7, 11) is -2.20. The third-order valence-electron chi connectivity index (χ3n) is 4.79. The SMILES string of the molecule is COc1ccc(S(=O)(=O)NC2CC2)cc1NC(=O)C1CC(=O)N(C(C)C)C1. The number of rotatable bonds is 7. The van der Waals surface area contributed by atoms with Crippen LogP contribution in [0.5, 0.6) is 5.75 Å². The van der Waals surface area contributed by atoms with Gasteiger partial charge in [0.25, 0.3) is 0 Å². The Morgan fingerprint density at radius 1 is 1.30 bits per heavy atom. The van der Waals surface area contributed by atoms with E-state index in [1.54, 1.807) is 4.90 Å². The first-order valence-corrected chi connectivity index (χ1v) is 10.5. The lowest BCUT2D eigenvalue weighted by molar-refractivity contribution is -0.129. The molecule has 27 heavy (non-hydrogen) atoms. The number of benzene rings is 1. The van der Waals surface area contributed by atoms with Crippen molar-refractivity contribution in [3.8, 4) is 5.75 Å². The zero-order valence-corrected chi connectivity index (χ0v) is 16.5. The van der Waals surface area contributed by atoms with Gasteiger partial charge in [0.1, 0.15) is 5.75 Å². The monoisotopic (exact) mass is 395 g/mol. The third kappa shape index (κ3) is 4.41. The summed E-state index contributed by atoms with van der Waals surface area (Å²) >= 11 is 0. The fourth-order valence-corrected chi connectivity index (χ4v) is 4.41. The van der Waals surface area contributed by atoms with Crippen LogP contribution in [0.1, 0.15) is 33.1 Å². The van der Waals surface area contributed by atoms with E-state index < -0.39 is 15.9 Å². The summed E-state index contributed by atoms with van der Waals surface area (Å²) in [6.07, 6.45) is 1.82. The van der Waals surface area contributed by atoms with Gasteiger partial charge in [0.05, 0.1) is 23.6 Å². The lowest BCUT2D eigenvalue weighted by Gasteiger charge is -2.21. The van der Waals surface area contributed by atoms with Gasteiger partial charge in [0.2, 0.25) is 21.8 Å². The van der Waals surface area contributed by atoms with Gasteiger partial charge in [0.15, 0.2) is 0 Å². The second kappa shape index (κ2) is 7.47. The topological polar surface area (TPSA) is 105 Å². The molecule has 3 rings (SSSR count). The van der Waals surface area contributed by atoms with Crippen LogP contribution in [0.3, 0.4) is 0 Å². The van der Waals surface area contributed by atoms with Crippen molar-refractivity contribution >= 4 is 27.5 Å². The van der Waals surface area contributed by atoms with Crippen LogP contribution in [-0.2, 0) is 19.6 Å². The molecule has 2 fully saturated rings. The molecule has 1 atom stereocenters. The van der Waals surface area contributed by atoms with Crippen LogP contribution < -0.4 is 14.8 Å². The van der Waals surface area contributed by atoms with Crippen molar-refractivity contribution in [2.24, 2.45) is 5.92 Å². The number of carbonyl (C=O) groups is 2. The quantitative estimate of drug-likeness (QED) is 0.725. The van der Waals surface area contributed by atoms with Crippen molar-refractivity contribution in [2.75, 3.05) is 19.0 Å². The first kappa shape index (κ1) is 19.6. The highest BCUT2D eigenvalue weighted by molar-refractivity contribution is 7.89. The van der Waals surface area contributed by atoms with Gasteiger partial charge in [-0.25, -0.2) is 13.1 Å². The van der Waals surface area contributed by atoms with Crippen molar-refractivity contribution in [2.45, 2.75) is 50.1 Å². The average Bonchev–Trinajstić information content (AvgIpc) is 3.31. The van der Waals surface area contributed by atoms with Crippen molar-refractivity contribution in [3.63, 3.8) is 0 Å². The molecule has 1 saturated heterocycles. The molecule has 148 valence electrons. The van der Waals surface area contributed by atoms with Gasteiger partial charge in [-0.05, 0) is 44.9 Å². The summed E-state index contributed by atoms with van der Waals surface area (Å²) in [5.41, 5.74) is 0.275. The lowest BCUT2D eigenvalue weighted by Crippen LogP contribution is -2.33. The van der Waals surface area contributed by atoms with E-state index in [0.717, 1.165) is 12.8 Å². The van der Waals surface area contributed by atoms with Gasteiger partial charge in [-0.3, -0.25) is 9.59 Å². The van der Waals surface area contributed by atoms with E-state index in [0.29, 0.717) is 12.3 Å². The number of nitrogens with one attached hydrogen (secondary N) is 2. The number of likely N-dealkylation sites (tertiary alicyclic amines) is 1. The Morgan fingerprint density at radius 3 is 2.56 bits per heavy atom. The number of methoxy groups -OCH3 is 1. The summed E-state index contributed by atoms with van der Waals surface area (Å²) in [6, 6.07) is 4.36. The largest absolute Gasteiger partial charge is 0.495 e. The Kier molecular flexibility index (Phi) is 5.43. The van der Waals surface area contributed by atoms with Crippen LogP contribution in [-0.4, -0.2) is 50.9 Å². The molecule has 9 heteroatoms. The maximum Gasteiger partial charge on any atom is 0.240 e. The van der Waals surface area contributed by atoms with Crippen molar-refractivity contribution in [1.29, 1.82) is 0 Å². The van der Waals surface area contributed by atoms with Gasteiger partial charge in [0, 0.05) is 25.0 Å². The van der Waals surface area contributed by atoms with Crippen LogP contribution in [0.2, 0.25) is 0 Å². The Balaban J connectivity index is 1.78. The number of anilines is 1. The number of hydrogen-bond acceptors (Lipinski definition) is 5. The van der Waals surface area contributed by atoms with E-state index in [1.165, 1.54) is 25.3 Å². The summed E-state index contributed by atoms with van der Waals surface area (Å²) in [5, 5.41) is 2.73. The third-order valence-corrected chi connectivity index (χ3v) is 6.31. The smallest absolute Gasteiger partial charge is 0.240 e. The summed E-state index contributed by atoms with van der Waals surface area (Å²) < 4.78 is 32.7. The van der Waals surface area contributed by atoms with E-state index in [4.69, 9.17) is 4.74 Å². The van der Waals surface area contributed by atoms with Gasteiger partial charge in [-0.1, -0.05) is 0 Å². The number of nitrogens with zero attached hydrogens (tertiary/aromatic N) is 1. The number of sulfonamides is 1. The van der Waals surface area contributed by atoms with Crippen LogP contribution in [0.15, 0.2) is 23.1 Å². The molecule has 8 nitrogen and oxygen atoms in total. The molecule has 1 unspecified atom stereocenters. The van der Waals surface area contributed by atoms with Gasteiger partial charge >= 0.3 is 0 Å². The molecule has 1 aliphatic carbocycles. The molecule has 2 aliphatic rings. The first-order valence-electron chi connectivity index (χ1n) is 9.02. The number of carbonyl (C=O) groups excluding carboxylic acids is 2. The molecule has 1 heterocycles. The Bertz CT molecular complexity index is 849. The Hall–Kier alpha value is -2.13. The number of hydrogen-bond donors (Lipinski definition) is 2. The lowest BCUT2D eigenvalue weighted by atomic mass is 10.1. The fourth-order valence-electron chi connectivity index (χ4n) is 3.08. The zero-order chi connectivity index (χ0) is 19.8. The molecule has 1 aromatic rings. The summed E-state index contributed by atoms with van der Waals surface area (Å²) in [6.45, 7) is 4.16. The predicted octanol–water partition coefficient (Wildman–Crippen LogP) is 1.33. The minimum absolute atomic E-state index is 0.0124. The molecular weight excluding hydrogens is 370 g/mol. The molecule has 1 aromatic carbocycles. The fraction of sp³-hybridized carbons (Fsp3) is 0.556.